The SMILES string of the molecule is C=C/C=C(\C=C)n1cc(C=O)nn1.C=CC.CC.CC. The molecule has 0 amide bonds. The number of allylic oxidation sites excluding steroid dienone is 5. The highest BCUT2D eigenvalue weighted by molar-refractivity contribution is 5.71. The lowest BCUT2D eigenvalue weighted by atomic mass is 10.4. The number of aldehydes is 1. The van der Waals surface area contributed by atoms with Crippen LogP contribution in [0.3, 0.4) is 0 Å². The summed E-state index contributed by atoms with van der Waals surface area (Å²) in [5.74, 6) is 0. The summed E-state index contributed by atoms with van der Waals surface area (Å²) in [6.45, 7) is 20.4. The number of hydrogen-bond donors (Lipinski definition) is 0. The molecule has 4 nitrogen and oxygen atoms in total. The van der Waals surface area contributed by atoms with E-state index in [-0.39, 0.29) is 5.69 Å². The Kier molecular flexibility index (Phi) is 21.9. The quantitative estimate of drug-likeness (QED) is 0.461. The molecular formula is C16H27N3O. The van der Waals surface area contributed by atoms with Gasteiger partial charge in [-0.05, 0) is 19.1 Å². The van der Waals surface area contributed by atoms with Gasteiger partial charge in [0.1, 0.15) is 5.69 Å². The van der Waals surface area contributed by atoms with E-state index in [0.717, 1.165) is 5.70 Å². The maximum absolute atomic E-state index is 10.3. The smallest absolute Gasteiger partial charge is 0.171 e. The number of carbonyl (C=O) groups excluding carboxylic acids is 1. The van der Waals surface area contributed by atoms with E-state index >= 15 is 0 Å². The van der Waals surface area contributed by atoms with E-state index in [9.17, 15) is 4.79 Å². The van der Waals surface area contributed by atoms with Crippen molar-refractivity contribution in [1.29, 1.82) is 0 Å². The average molecular weight is 277 g/mol. The van der Waals surface area contributed by atoms with Crippen molar-refractivity contribution in [1.82, 2.24) is 15.0 Å². The van der Waals surface area contributed by atoms with Crippen molar-refractivity contribution in [3.63, 3.8) is 0 Å². The highest BCUT2D eigenvalue weighted by Gasteiger charge is 1.99. The second-order valence-electron chi connectivity index (χ2n) is 2.65. The van der Waals surface area contributed by atoms with Crippen LogP contribution >= 0.6 is 0 Å². The zero-order valence-corrected chi connectivity index (χ0v) is 13.3. The van der Waals surface area contributed by atoms with Gasteiger partial charge in [0.25, 0.3) is 0 Å². The highest BCUT2D eigenvalue weighted by atomic mass is 16.1. The topological polar surface area (TPSA) is 47.8 Å². The van der Waals surface area contributed by atoms with Crippen LogP contribution in [-0.4, -0.2) is 21.3 Å². The summed E-state index contributed by atoms with van der Waals surface area (Å²) in [5.41, 5.74) is 1.01. The molecule has 0 aliphatic rings. The van der Waals surface area contributed by atoms with Crippen LogP contribution in [0.15, 0.2) is 50.2 Å². The number of nitrogens with zero attached hydrogens (tertiary/aromatic N) is 3. The summed E-state index contributed by atoms with van der Waals surface area (Å²) >= 11 is 0. The van der Waals surface area contributed by atoms with Crippen molar-refractivity contribution in [2.75, 3.05) is 0 Å². The molecule has 1 aromatic rings. The molecule has 1 heterocycles. The summed E-state index contributed by atoms with van der Waals surface area (Å²) in [7, 11) is 0. The van der Waals surface area contributed by atoms with Gasteiger partial charge in [0, 0.05) is 0 Å². The minimum absolute atomic E-state index is 0.289. The van der Waals surface area contributed by atoms with E-state index in [1.165, 1.54) is 10.9 Å². The van der Waals surface area contributed by atoms with Crippen molar-refractivity contribution in [2.45, 2.75) is 34.6 Å². The largest absolute Gasteiger partial charge is 0.296 e. The molecule has 112 valence electrons. The van der Waals surface area contributed by atoms with Gasteiger partial charge in [0.05, 0.1) is 11.9 Å². The first-order chi connectivity index (χ1) is 9.73. The molecule has 1 rings (SSSR count). The first-order valence-electron chi connectivity index (χ1n) is 6.63. The lowest BCUT2D eigenvalue weighted by Gasteiger charge is -1.96. The summed E-state index contributed by atoms with van der Waals surface area (Å²) < 4.78 is 1.46. The van der Waals surface area contributed by atoms with Gasteiger partial charge in [-0.1, -0.05) is 58.2 Å². The normalized spacial score (nSPS) is 8.35. The lowest BCUT2D eigenvalue weighted by Crippen LogP contribution is -1.94. The Morgan fingerprint density at radius 2 is 1.70 bits per heavy atom. The molecule has 0 saturated heterocycles. The molecule has 0 fully saturated rings. The van der Waals surface area contributed by atoms with Crippen LogP contribution in [0.4, 0.5) is 0 Å². The van der Waals surface area contributed by atoms with Gasteiger partial charge in [-0.25, -0.2) is 4.68 Å². The zero-order valence-electron chi connectivity index (χ0n) is 13.3. The van der Waals surface area contributed by atoms with Crippen LogP contribution in [0.1, 0.15) is 45.1 Å². The van der Waals surface area contributed by atoms with Crippen LogP contribution in [0.2, 0.25) is 0 Å². The fraction of sp³-hybridized carbons (Fsp3) is 0.312. The maximum atomic E-state index is 10.3. The minimum atomic E-state index is 0.289. The fourth-order valence-corrected chi connectivity index (χ4v) is 0.816. The number of hydrogen-bond acceptors (Lipinski definition) is 3. The number of aromatic nitrogens is 3. The second-order valence-corrected chi connectivity index (χ2v) is 2.65. The van der Waals surface area contributed by atoms with E-state index in [0.29, 0.717) is 6.29 Å². The van der Waals surface area contributed by atoms with Gasteiger partial charge in [0.15, 0.2) is 6.29 Å². The molecule has 0 unspecified atom stereocenters. The lowest BCUT2D eigenvalue weighted by molar-refractivity contribution is 0.111. The summed E-state index contributed by atoms with van der Waals surface area (Å²) in [5, 5.41) is 7.33. The van der Waals surface area contributed by atoms with E-state index in [1.807, 2.05) is 34.6 Å². The van der Waals surface area contributed by atoms with Crippen LogP contribution < -0.4 is 0 Å². The Bertz CT molecular complexity index is 404. The minimum Gasteiger partial charge on any atom is -0.296 e. The summed E-state index contributed by atoms with van der Waals surface area (Å²) in [6.07, 6.45) is 8.84. The van der Waals surface area contributed by atoms with Crippen molar-refractivity contribution < 1.29 is 4.79 Å². The zero-order chi connectivity index (χ0) is 16.4. The number of rotatable bonds is 4. The standard InChI is InChI=1S/C9H9N3O.C3H6.2C2H6/c1-3-5-9(4-2)12-6-8(7-13)10-11-12;1-3-2;2*1-2/h3-7H,1-2H2;3H,1H2,2H3;2*1-2H3/b9-5+;;;. The molecule has 4 heteroatoms. The molecule has 0 aliphatic heterocycles. The highest BCUT2D eigenvalue weighted by Crippen LogP contribution is 2.03. The third kappa shape index (κ3) is 10.9. The molecule has 0 N–H and O–H groups in total. The van der Waals surface area contributed by atoms with Crippen molar-refractivity contribution in [3.05, 3.63) is 55.9 Å². The first-order valence-corrected chi connectivity index (χ1v) is 6.63. The fourth-order valence-electron chi connectivity index (χ4n) is 0.816. The Balaban J connectivity index is -0.000000355. The molecule has 0 radical (unpaired) electrons. The van der Waals surface area contributed by atoms with Gasteiger partial charge >= 0.3 is 0 Å². The van der Waals surface area contributed by atoms with E-state index < -0.39 is 0 Å². The molecule has 0 atom stereocenters. The molecule has 20 heavy (non-hydrogen) atoms. The second kappa shape index (κ2) is 19.1. The molecule has 0 aliphatic carbocycles. The first kappa shape index (κ1) is 22.9. The van der Waals surface area contributed by atoms with Crippen LogP contribution in [0.25, 0.3) is 5.70 Å². The molecule has 0 aromatic carbocycles. The predicted molar refractivity (Wildman–Crippen MR) is 88.6 cm³/mol. The molecule has 1 aromatic heterocycles. The van der Waals surface area contributed by atoms with Gasteiger partial charge in [-0.2, -0.15) is 0 Å². The maximum Gasteiger partial charge on any atom is 0.171 e. The van der Waals surface area contributed by atoms with E-state index in [4.69, 9.17) is 0 Å². The number of carbonyl (C=O) groups is 1. The third-order valence-electron chi connectivity index (χ3n) is 1.39. The van der Waals surface area contributed by atoms with E-state index in [1.54, 1.807) is 24.3 Å². The average Bonchev–Trinajstić information content (AvgIpc) is 2.98. The van der Waals surface area contributed by atoms with Crippen LogP contribution in [0.5, 0.6) is 0 Å². The Morgan fingerprint density at radius 3 is 2.00 bits per heavy atom. The van der Waals surface area contributed by atoms with Crippen molar-refractivity contribution in [3.8, 4) is 0 Å². The molecular weight excluding hydrogens is 250 g/mol. The molecule has 0 bridgehead atoms. The Hall–Kier alpha value is -2.23. The Labute approximate surface area is 123 Å². The predicted octanol–water partition coefficient (Wildman–Crippen LogP) is 4.55. The van der Waals surface area contributed by atoms with Crippen molar-refractivity contribution >= 4 is 12.0 Å². The van der Waals surface area contributed by atoms with Gasteiger partial charge < -0.3 is 0 Å². The Morgan fingerprint density at radius 1 is 1.20 bits per heavy atom. The van der Waals surface area contributed by atoms with Gasteiger partial charge in [0.2, 0.25) is 0 Å². The van der Waals surface area contributed by atoms with Crippen LogP contribution in [0, 0.1) is 0 Å². The summed E-state index contributed by atoms with van der Waals surface area (Å²) in [6, 6.07) is 0. The van der Waals surface area contributed by atoms with Gasteiger partial charge in [-0.15, -0.1) is 11.7 Å². The molecule has 0 saturated carbocycles. The summed E-state index contributed by atoms with van der Waals surface area (Å²) in [4.78, 5) is 10.3. The van der Waals surface area contributed by atoms with Gasteiger partial charge in [-0.3, -0.25) is 4.79 Å². The third-order valence-corrected chi connectivity index (χ3v) is 1.39. The van der Waals surface area contributed by atoms with Crippen LogP contribution in [-0.2, 0) is 0 Å². The monoisotopic (exact) mass is 277 g/mol. The molecule has 0 spiro atoms. The van der Waals surface area contributed by atoms with E-state index in [2.05, 4.69) is 30.0 Å². The van der Waals surface area contributed by atoms with Crippen molar-refractivity contribution in [2.24, 2.45) is 0 Å².